The van der Waals surface area contributed by atoms with Crippen LogP contribution in [0.1, 0.15) is 53.6 Å². The summed E-state index contributed by atoms with van der Waals surface area (Å²) in [7, 11) is 1.41. The summed E-state index contributed by atoms with van der Waals surface area (Å²) in [5.41, 5.74) is 1.51. The van der Waals surface area contributed by atoms with Crippen molar-refractivity contribution in [2.45, 2.75) is 38.5 Å². The Hall–Kier alpha value is -1.75. The Morgan fingerprint density at radius 1 is 1.39 bits per heavy atom. The molecule has 0 unspecified atom stereocenters. The fourth-order valence-corrected chi connectivity index (χ4v) is 3.36. The Labute approximate surface area is 138 Å². The van der Waals surface area contributed by atoms with E-state index < -0.39 is 11.6 Å². The maximum absolute atomic E-state index is 14.4. The summed E-state index contributed by atoms with van der Waals surface area (Å²) in [5.74, 6) is -1.01. The molecule has 0 atom stereocenters. The average molecular weight is 338 g/mol. The molecular weight excluding hydrogens is 321 g/mol. The van der Waals surface area contributed by atoms with Crippen molar-refractivity contribution in [3.05, 3.63) is 33.6 Å². The molecule has 1 aromatic carbocycles. The summed E-state index contributed by atoms with van der Waals surface area (Å²) in [5, 5.41) is 4.09. The van der Waals surface area contributed by atoms with Gasteiger partial charge in [-0.25, -0.2) is 4.39 Å². The predicted octanol–water partition coefficient (Wildman–Crippen LogP) is 3.72. The predicted molar refractivity (Wildman–Crippen MR) is 84.6 cm³/mol. The van der Waals surface area contributed by atoms with Gasteiger partial charge in [0.25, 0.3) is 0 Å². The van der Waals surface area contributed by atoms with E-state index in [1.807, 2.05) is 0 Å². The summed E-state index contributed by atoms with van der Waals surface area (Å²) in [6.45, 7) is 0. The molecule has 23 heavy (non-hydrogen) atoms. The zero-order valence-corrected chi connectivity index (χ0v) is 13.6. The molecule has 0 spiro atoms. The number of rotatable bonds is 5. The van der Waals surface area contributed by atoms with Gasteiger partial charge in [-0.3, -0.25) is 9.59 Å². The number of Topliss-reactive ketones (excluding diaryl/α,β-unsaturated/α-hetero) is 2. The zero-order valence-electron chi connectivity index (χ0n) is 12.8. The molecule has 0 aromatic heterocycles. The number of fused-ring (bicyclic) bond motifs is 1. The van der Waals surface area contributed by atoms with Crippen LogP contribution in [-0.4, -0.2) is 24.4 Å². The number of carbonyl (C=O) groups excluding carboxylic acids is 2. The minimum Gasteiger partial charge on any atom is -0.399 e. The van der Waals surface area contributed by atoms with Gasteiger partial charge in [-0.05, 0) is 43.7 Å². The number of ketones is 2. The lowest BCUT2D eigenvalue weighted by Gasteiger charge is -2.21. The van der Waals surface area contributed by atoms with Crippen LogP contribution in [0, 0.1) is 11.7 Å². The minimum atomic E-state index is -0.477. The first-order valence-electron chi connectivity index (χ1n) is 7.70. The van der Waals surface area contributed by atoms with E-state index in [0.717, 1.165) is 25.3 Å². The van der Waals surface area contributed by atoms with Gasteiger partial charge in [0.05, 0.1) is 17.2 Å². The van der Waals surface area contributed by atoms with Gasteiger partial charge in [0.2, 0.25) is 0 Å². The summed E-state index contributed by atoms with van der Waals surface area (Å²) in [6, 6.07) is 1.15. The molecule has 2 aliphatic carbocycles. The fraction of sp³-hybridized carbons (Fsp3) is 0.471. The fourth-order valence-electron chi connectivity index (χ4n) is 2.97. The molecule has 4 nitrogen and oxygen atoms in total. The maximum Gasteiger partial charge on any atom is 0.171 e. The van der Waals surface area contributed by atoms with Gasteiger partial charge in [-0.15, -0.1) is 0 Å². The number of carbonyl (C=O) groups is 2. The Morgan fingerprint density at radius 3 is 2.78 bits per heavy atom. The van der Waals surface area contributed by atoms with Crippen LogP contribution in [0.15, 0.2) is 11.2 Å². The number of nitrogens with zero attached hydrogens (tertiary/aromatic N) is 1. The lowest BCUT2D eigenvalue weighted by molar-refractivity contribution is -0.119. The van der Waals surface area contributed by atoms with Gasteiger partial charge in [0.1, 0.15) is 18.7 Å². The molecule has 0 saturated heterocycles. The Balaban J connectivity index is 2.00. The normalized spacial score (nSPS) is 18.7. The molecule has 1 aromatic rings. The Morgan fingerprint density at radius 2 is 2.13 bits per heavy atom. The summed E-state index contributed by atoms with van der Waals surface area (Å²) < 4.78 is 14.4. The molecule has 0 N–H and O–H groups in total. The molecule has 2 aliphatic rings. The standard InChI is InChI=1S/C17H17ClFNO3/c1-23-20-13-4-2-3-10-12(19)7-11(17(18)16(10)13)15(22)8-14(21)9-5-6-9/h7,9H,2-6,8H2,1H3/b20-13-. The summed E-state index contributed by atoms with van der Waals surface area (Å²) in [6.07, 6.45) is 3.35. The van der Waals surface area contributed by atoms with Crippen molar-refractivity contribution in [1.29, 1.82) is 0 Å². The van der Waals surface area contributed by atoms with Crippen molar-refractivity contribution in [2.24, 2.45) is 11.1 Å². The molecule has 0 bridgehead atoms. The molecule has 0 radical (unpaired) electrons. The van der Waals surface area contributed by atoms with Crippen LogP contribution in [0.4, 0.5) is 4.39 Å². The van der Waals surface area contributed by atoms with E-state index >= 15 is 0 Å². The van der Waals surface area contributed by atoms with Crippen LogP contribution in [0.2, 0.25) is 5.02 Å². The highest BCUT2D eigenvalue weighted by Gasteiger charge is 2.32. The van der Waals surface area contributed by atoms with Gasteiger partial charge in [0, 0.05) is 17.0 Å². The number of halogens is 2. The molecular formula is C17H17ClFNO3. The second-order valence-corrected chi connectivity index (χ2v) is 6.37. The molecule has 1 fully saturated rings. The van der Waals surface area contributed by atoms with Gasteiger partial charge in [-0.1, -0.05) is 16.8 Å². The van der Waals surface area contributed by atoms with E-state index in [4.69, 9.17) is 16.4 Å². The van der Waals surface area contributed by atoms with Gasteiger partial charge < -0.3 is 4.84 Å². The summed E-state index contributed by atoms with van der Waals surface area (Å²) >= 11 is 6.37. The van der Waals surface area contributed by atoms with Crippen LogP contribution >= 0.6 is 11.6 Å². The second-order valence-electron chi connectivity index (χ2n) is 5.99. The van der Waals surface area contributed by atoms with Crippen molar-refractivity contribution >= 4 is 28.9 Å². The van der Waals surface area contributed by atoms with Crippen molar-refractivity contribution < 1.29 is 18.8 Å². The first-order chi connectivity index (χ1) is 11.0. The minimum absolute atomic E-state index is 0.00851. The largest absolute Gasteiger partial charge is 0.399 e. The van der Waals surface area contributed by atoms with Gasteiger partial charge in [-0.2, -0.15) is 0 Å². The quantitative estimate of drug-likeness (QED) is 0.467. The highest BCUT2D eigenvalue weighted by atomic mass is 35.5. The van der Waals surface area contributed by atoms with Crippen LogP contribution in [-0.2, 0) is 16.1 Å². The van der Waals surface area contributed by atoms with Crippen molar-refractivity contribution in [2.75, 3.05) is 7.11 Å². The molecule has 1 saturated carbocycles. The molecule has 122 valence electrons. The van der Waals surface area contributed by atoms with Crippen molar-refractivity contribution in [1.82, 2.24) is 0 Å². The van der Waals surface area contributed by atoms with Crippen molar-refractivity contribution in [3.8, 4) is 0 Å². The van der Waals surface area contributed by atoms with Crippen LogP contribution in [0.3, 0.4) is 0 Å². The Kier molecular flexibility index (Phi) is 4.48. The van der Waals surface area contributed by atoms with E-state index in [1.54, 1.807) is 0 Å². The summed E-state index contributed by atoms with van der Waals surface area (Å²) in [4.78, 5) is 29.0. The third-order valence-electron chi connectivity index (χ3n) is 4.32. The van der Waals surface area contributed by atoms with Crippen LogP contribution in [0.5, 0.6) is 0 Å². The molecule has 6 heteroatoms. The second kappa shape index (κ2) is 6.40. The number of hydrogen-bond donors (Lipinski definition) is 0. The zero-order chi connectivity index (χ0) is 16.6. The van der Waals surface area contributed by atoms with E-state index in [-0.39, 0.29) is 28.7 Å². The smallest absolute Gasteiger partial charge is 0.171 e. The molecule has 3 rings (SSSR count). The van der Waals surface area contributed by atoms with E-state index in [9.17, 15) is 14.0 Å². The lowest BCUT2D eigenvalue weighted by Crippen LogP contribution is -2.18. The first kappa shape index (κ1) is 16.1. The highest BCUT2D eigenvalue weighted by Crippen LogP contribution is 2.35. The maximum atomic E-state index is 14.4. The third-order valence-corrected chi connectivity index (χ3v) is 4.71. The lowest BCUT2D eigenvalue weighted by atomic mass is 9.87. The number of oxime groups is 1. The molecule has 0 aliphatic heterocycles. The SMILES string of the molecule is CO/N=C1/CCCc2c(F)cc(C(=O)CC(=O)C3CC3)c(Cl)c21. The van der Waals surface area contributed by atoms with Gasteiger partial charge >= 0.3 is 0 Å². The van der Waals surface area contributed by atoms with E-state index in [2.05, 4.69) is 5.16 Å². The molecule has 0 heterocycles. The highest BCUT2D eigenvalue weighted by molar-refractivity contribution is 6.38. The van der Waals surface area contributed by atoms with E-state index in [1.165, 1.54) is 7.11 Å². The molecule has 0 amide bonds. The topological polar surface area (TPSA) is 55.7 Å². The van der Waals surface area contributed by atoms with Crippen LogP contribution < -0.4 is 0 Å². The van der Waals surface area contributed by atoms with Gasteiger partial charge in [0.15, 0.2) is 5.78 Å². The third kappa shape index (κ3) is 3.15. The number of benzene rings is 1. The van der Waals surface area contributed by atoms with Crippen molar-refractivity contribution in [3.63, 3.8) is 0 Å². The Bertz CT molecular complexity index is 710. The first-order valence-corrected chi connectivity index (χ1v) is 8.08. The average Bonchev–Trinajstić information content (AvgIpc) is 3.35. The monoisotopic (exact) mass is 337 g/mol. The number of hydrogen-bond acceptors (Lipinski definition) is 4. The van der Waals surface area contributed by atoms with E-state index in [0.29, 0.717) is 29.7 Å². The van der Waals surface area contributed by atoms with Crippen LogP contribution in [0.25, 0.3) is 0 Å².